The van der Waals surface area contributed by atoms with Crippen molar-refractivity contribution in [2.75, 3.05) is 26.8 Å². The average Bonchev–Trinajstić information content (AvgIpc) is 2.97. The van der Waals surface area contributed by atoms with Gasteiger partial charge < -0.3 is 14.4 Å². The van der Waals surface area contributed by atoms with E-state index < -0.39 is 0 Å². The van der Waals surface area contributed by atoms with Crippen LogP contribution in [0.4, 0.5) is 0 Å². The van der Waals surface area contributed by atoms with E-state index in [1.54, 1.807) is 23.1 Å². The normalized spacial score (nSPS) is 17.7. The molecule has 0 saturated carbocycles. The van der Waals surface area contributed by atoms with Crippen LogP contribution in [0.1, 0.15) is 6.42 Å². The van der Waals surface area contributed by atoms with E-state index in [0.717, 1.165) is 0 Å². The molecule has 0 aromatic heterocycles. The molecule has 0 aliphatic carbocycles. The van der Waals surface area contributed by atoms with Crippen LogP contribution in [0.3, 0.4) is 0 Å². The third-order valence-corrected chi connectivity index (χ3v) is 4.07. The highest BCUT2D eigenvalue weighted by atomic mass is 35.5. The Morgan fingerprint density at radius 1 is 1.33 bits per heavy atom. The molecule has 1 aromatic carbocycles. The molecule has 0 N–H and O–H groups in total. The second-order valence-electron chi connectivity index (χ2n) is 4.71. The minimum Gasteiger partial charge on any atom is -0.484 e. The first kappa shape index (κ1) is 15.9. The van der Waals surface area contributed by atoms with Gasteiger partial charge in [-0.3, -0.25) is 9.59 Å². The molecule has 114 valence electrons. The maximum atomic E-state index is 12.0. The highest BCUT2D eigenvalue weighted by molar-refractivity contribution is 6.42. The predicted octanol–water partition coefficient (Wildman–Crippen LogP) is 2.39. The van der Waals surface area contributed by atoms with E-state index in [0.29, 0.717) is 35.3 Å². The smallest absolute Gasteiger partial charge is 0.310 e. The molecule has 1 unspecified atom stereocenters. The molecule has 1 aliphatic rings. The number of carbonyl (C=O) groups excluding carboxylic acids is 2. The Morgan fingerprint density at radius 2 is 2.10 bits per heavy atom. The van der Waals surface area contributed by atoms with Crippen molar-refractivity contribution in [1.29, 1.82) is 0 Å². The van der Waals surface area contributed by atoms with Crippen molar-refractivity contribution in [1.82, 2.24) is 4.90 Å². The van der Waals surface area contributed by atoms with E-state index in [9.17, 15) is 9.59 Å². The molecule has 2 rings (SSSR count). The van der Waals surface area contributed by atoms with Crippen molar-refractivity contribution in [3.05, 3.63) is 28.2 Å². The lowest BCUT2D eigenvalue weighted by molar-refractivity contribution is -0.145. The molecule has 0 radical (unpaired) electrons. The summed E-state index contributed by atoms with van der Waals surface area (Å²) in [5.41, 5.74) is 0. The summed E-state index contributed by atoms with van der Waals surface area (Å²) in [5.74, 6) is -0.228. The van der Waals surface area contributed by atoms with E-state index in [-0.39, 0.29) is 24.4 Å². The zero-order valence-electron chi connectivity index (χ0n) is 11.5. The molecule has 1 heterocycles. The molecular weight excluding hydrogens is 317 g/mol. The summed E-state index contributed by atoms with van der Waals surface area (Å²) in [4.78, 5) is 25.0. The predicted molar refractivity (Wildman–Crippen MR) is 78.7 cm³/mol. The zero-order chi connectivity index (χ0) is 15.4. The summed E-state index contributed by atoms with van der Waals surface area (Å²) in [7, 11) is 1.35. The molecule has 1 fully saturated rings. The van der Waals surface area contributed by atoms with Crippen LogP contribution < -0.4 is 4.74 Å². The van der Waals surface area contributed by atoms with Gasteiger partial charge in [0.2, 0.25) is 0 Å². The van der Waals surface area contributed by atoms with Gasteiger partial charge >= 0.3 is 5.97 Å². The van der Waals surface area contributed by atoms with Crippen molar-refractivity contribution in [2.24, 2.45) is 5.92 Å². The fraction of sp³-hybridized carbons (Fsp3) is 0.429. The molecular formula is C14H15Cl2NO4. The van der Waals surface area contributed by atoms with Gasteiger partial charge in [-0.25, -0.2) is 0 Å². The maximum absolute atomic E-state index is 12.0. The summed E-state index contributed by atoms with van der Waals surface area (Å²) in [5, 5.41) is 0.796. The third-order valence-electron chi connectivity index (χ3n) is 3.33. The number of rotatable bonds is 4. The van der Waals surface area contributed by atoms with Gasteiger partial charge in [-0.15, -0.1) is 0 Å². The van der Waals surface area contributed by atoms with Gasteiger partial charge in [0.05, 0.1) is 23.1 Å². The largest absolute Gasteiger partial charge is 0.484 e. The standard InChI is InChI=1S/C14H15Cl2NO4/c1-20-14(19)9-4-5-17(7-9)13(18)8-21-10-2-3-11(15)12(16)6-10/h2-3,6,9H,4-5,7-8H2,1H3. The van der Waals surface area contributed by atoms with Crippen LogP contribution in [0.25, 0.3) is 0 Å². The summed E-state index contributed by atoms with van der Waals surface area (Å²) >= 11 is 11.7. The Balaban J connectivity index is 1.85. The lowest BCUT2D eigenvalue weighted by Crippen LogP contribution is -2.34. The number of hydrogen-bond donors (Lipinski definition) is 0. The van der Waals surface area contributed by atoms with Crippen molar-refractivity contribution < 1.29 is 19.1 Å². The van der Waals surface area contributed by atoms with Gasteiger partial charge in [0.15, 0.2) is 6.61 Å². The Labute approximate surface area is 132 Å². The second kappa shape index (κ2) is 7.00. The molecule has 0 bridgehead atoms. The van der Waals surface area contributed by atoms with E-state index in [1.165, 1.54) is 7.11 Å². The molecule has 7 heteroatoms. The lowest BCUT2D eigenvalue weighted by atomic mass is 10.1. The number of esters is 1. The highest BCUT2D eigenvalue weighted by Gasteiger charge is 2.31. The summed E-state index contributed by atoms with van der Waals surface area (Å²) < 4.78 is 10.1. The number of carbonyl (C=O) groups is 2. The molecule has 0 spiro atoms. The minimum atomic E-state index is -0.282. The Kier molecular flexibility index (Phi) is 5.31. The van der Waals surface area contributed by atoms with Crippen LogP contribution in [0.2, 0.25) is 10.0 Å². The Bertz CT molecular complexity index is 550. The Morgan fingerprint density at radius 3 is 2.76 bits per heavy atom. The van der Waals surface area contributed by atoms with E-state index >= 15 is 0 Å². The molecule has 1 atom stereocenters. The van der Waals surface area contributed by atoms with E-state index in [4.69, 9.17) is 27.9 Å². The van der Waals surface area contributed by atoms with Gasteiger partial charge in [-0.2, -0.15) is 0 Å². The van der Waals surface area contributed by atoms with Crippen LogP contribution in [-0.4, -0.2) is 43.6 Å². The Hall–Kier alpha value is -1.46. The van der Waals surface area contributed by atoms with Crippen molar-refractivity contribution >= 4 is 35.1 Å². The van der Waals surface area contributed by atoms with Crippen LogP contribution in [0, 0.1) is 5.92 Å². The molecule has 1 aliphatic heterocycles. The van der Waals surface area contributed by atoms with Crippen LogP contribution in [0.15, 0.2) is 18.2 Å². The summed E-state index contributed by atoms with van der Waals surface area (Å²) in [6.45, 7) is 0.797. The first-order chi connectivity index (χ1) is 10.0. The molecule has 1 saturated heterocycles. The van der Waals surface area contributed by atoms with Crippen LogP contribution in [-0.2, 0) is 14.3 Å². The average molecular weight is 332 g/mol. The quantitative estimate of drug-likeness (QED) is 0.795. The van der Waals surface area contributed by atoms with E-state index in [2.05, 4.69) is 4.74 Å². The number of hydrogen-bond acceptors (Lipinski definition) is 4. The number of benzene rings is 1. The van der Waals surface area contributed by atoms with Gasteiger partial charge in [-0.05, 0) is 18.6 Å². The number of amides is 1. The molecule has 1 aromatic rings. The van der Waals surface area contributed by atoms with Gasteiger partial charge in [0.1, 0.15) is 5.75 Å². The highest BCUT2D eigenvalue weighted by Crippen LogP contribution is 2.26. The first-order valence-electron chi connectivity index (χ1n) is 6.44. The SMILES string of the molecule is COC(=O)C1CCN(C(=O)COc2ccc(Cl)c(Cl)c2)C1. The number of nitrogens with zero attached hydrogens (tertiary/aromatic N) is 1. The second-order valence-corrected chi connectivity index (χ2v) is 5.53. The first-order valence-corrected chi connectivity index (χ1v) is 7.20. The topological polar surface area (TPSA) is 55.8 Å². The van der Waals surface area contributed by atoms with Gasteiger partial charge in [0, 0.05) is 19.2 Å². The molecule has 21 heavy (non-hydrogen) atoms. The van der Waals surface area contributed by atoms with Crippen molar-refractivity contribution in [3.63, 3.8) is 0 Å². The van der Waals surface area contributed by atoms with Crippen LogP contribution >= 0.6 is 23.2 Å². The van der Waals surface area contributed by atoms with Gasteiger partial charge in [0.25, 0.3) is 5.91 Å². The fourth-order valence-electron chi connectivity index (χ4n) is 2.15. The summed E-state index contributed by atoms with van der Waals surface area (Å²) in [6, 6.07) is 4.80. The third kappa shape index (κ3) is 4.02. The zero-order valence-corrected chi connectivity index (χ0v) is 13.0. The maximum Gasteiger partial charge on any atom is 0.310 e. The van der Waals surface area contributed by atoms with Gasteiger partial charge in [-0.1, -0.05) is 23.2 Å². The van der Waals surface area contributed by atoms with Crippen molar-refractivity contribution in [3.8, 4) is 5.75 Å². The fourth-order valence-corrected chi connectivity index (χ4v) is 2.44. The van der Waals surface area contributed by atoms with Crippen LogP contribution in [0.5, 0.6) is 5.75 Å². The number of ether oxygens (including phenoxy) is 2. The number of halogens is 2. The molecule has 1 amide bonds. The molecule has 5 nitrogen and oxygen atoms in total. The number of methoxy groups -OCH3 is 1. The minimum absolute atomic E-state index is 0.105. The lowest BCUT2D eigenvalue weighted by Gasteiger charge is -2.16. The summed E-state index contributed by atoms with van der Waals surface area (Å²) in [6.07, 6.45) is 0.616. The van der Waals surface area contributed by atoms with Crippen molar-refractivity contribution in [2.45, 2.75) is 6.42 Å². The monoisotopic (exact) mass is 331 g/mol. The number of likely N-dealkylation sites (tertiary alicyclic amines) is 1. The van der Waals surface area contributed by atoms with E-state index in [1.807, 2.05) is 0 Å².